The summed E-state index contributed by atoms with van der Waals surface area (Å²) in [5, 5.41) is 27.1. The number of nitrogens with zero attached hydrogens (tertiary/aromatic N) is 18. The molecule has 0 bridgehead atoms. The van der Waals surface area contributed by atoms with Crippen LogP contribution in [0.3, 0.4) is 0 Å². The summed E-state index contributed by atoms with van der Waals surface area (Å²) in [7, 11) is 0. The van der Waals surface area contributed by atoms with Gasteiger partial charge in [-0.2, -0.15) is 9.97 Å². The van der Waals surface area contributed by atoms with Gasteiger partial charge in [0.05, 0.1) is 39.5 Å². The molecule has 2 unspecified atom stereocenters. The van der Waals surface area contributed by atoms with Gasteiger partial charge in [0.25, 0.3) is 0 Å². The van der Waals surface area contributed by atoms with Crippen LogP contribution in [0.2, 0.25) is 0 Å². The fourth-order valence-corrected chi connectivity index (χ4v) is 8.10. The number of hydrogen-bond acceptors (Lipinski definition) is 17. The molecule has 0 radical (unpaired) electrons. The van der Waals surface area contributed by atoms with Gasteiger partial charge in [-0.25, -0.2) is 33.3 Å². The Morgan fingerprint density at radius 2 is 1.31 bits per heavy atom. The standard InChI is InChI=1S/C22H27BrN10O2.C12H9BrN6.C10H18N4O2/c1-22(2,3)35-21(34)31-9-6-15(7-10-31)33-13-14(28-30-33)11-17-24-12-18(25-17)26-20-27-19-16(23)5-4-8-32(19)29-20;1-2-4-9-14-7-10(15-9)16-12-17-11-8(13)5-3-6-19(11)18-12;1-10(2,3)16-9(15)14-6-4-8(5-7-14)12-13-11/h4-5,8,12-13,15,17H,6-7,9-11H2,1-3H3,(H,25,26,29);1,3,5-7,9H,4H2,(H,15,16,18);8H,4-7H2,1-3H3. The minimum atomic E-state index is -0.490. The highest BCUT2D eigenvalue weighted by atomic mass is 79.9. The summed E-state index contributed by atoms with van der Waals surface area (Å²) >= 11 is 6.90. The molecule has 24 nitrogen and oxygen atoms in total. The molecule has 4 aliphatic rings. The van der Waals surface area contributed by atoms with Gasteiger partial charge in [-0.1, -0.05) is 10.3 Å². The minimum Gasteiger partial charge on any atom is -0.444 e. The second-order valence-electron chi connectivity index (χ2n) is 18.3. The van der Waals surface area contributed by atoms with E-state index in [1.54, 1.807) is 31.3 Å². The lowest BCUT2D eigenvalue weighted by Crippen LogP contribution is -2.42. The molecule has 0 spiro atoms. The highest BCUT2D eigenvalue weighted by molar-refractivity contribution is 9.11. The number of hydrogen-bond donors (Lipinski definition) is 2. The number of anilines is 2. The van der Waals surface area contributed by atoms with Crippen LogP contribution in [0.25, 0.3) is 21.7 Å². The molecule has 4 aliphatic heterocycles. The van der Waals surface area contributed by atoms with Crippen LogP contribution in [0.4, 0.5) is 21.5 Å². The number of fused-ring (bicyclic) bond motifs is 2. The molecule has 26 heteroatoms. The number of halogens is 2. The molecule has 5 aromatic heterocycles. The number of carbonyl (C=O) groups excluding carboxylic acids is 2. The predicted octanol–water partition coefficient (Wildman–Crippen LogP) is 7.55. The molecule has 2 saturated heterocycles. The van der Waals surface area contributed by atoms with E-state index in [1.165, 1.54) is 0 Å². The maximum atomic E-state index is 12.3. The summed E-state index contributed by atoms with van der Waals surface area (Å²) in [6.07, 6.45) is 17.2. The first-order valence-electron chi connectivity index (χ1n) is 22.5. The second kappa shape index (κ2) is 22.6. The van der Waals surface area contributed by atoms with E-state index in [4.69, 9.17) is 21.4 Å². The maximum absolute atomic E-state index is 12.3. The Kier molecular flexibility index (Phi) is 16.5. The third-order valence-electron chi connectivity index (χ3n) is 10.5. The van der Waals surface area contributed by atoms with Crippen molar-refractivity contribution in [1.29, 1.82) is 0 Å². The Bertz CT molecular complexity index is 2860. The number of terminal acetylenes is 1. The molecule has 2 atom stereocenters. The SMILES string of the molecule is C#CCC1N=CC(Nc2nc3c(Br)cccn3n2)=N1.CC(C)(C)OC(=O)N1CCC(N=[N+]=[N-])CC1.CC(C)(C)OC(=O)N1CCC(n2cc(CC3N=CC(Nc4nc5c(Br)cccn5n4)=N3)nn2)CC1. The van der Waals surface area contributed by atoms with Gasteiger partial charge in [0.1, 0.15) is 29.0 Å². The fraction of sp³-hybridized carbons (Fsp3) is 0.500. The fourth-order valence-electron chi connectivity index (χ4n) is 7.26. The van der Waals surface area contributed by atoms with E-state index in [1.807, 2.05) is 89.1 Å². The molecule has 2 fully saturated rings. The number of carbonyl (C=O) groups is 2. The van der Waals surface area contributed by atoms with Crippen molar-refractivity contribution >= 4 is 91.3 Å². The first-order chi connectivity index (χ1) is 33.4. The van der Waals surface area contributed by atoms with Crippen LogP contribution >= 0.6 is 31.9 Å². The number of nitrogens with one attached hydrogen (secondary N) is 2. The van der Waals surface area contributed by atoms with Crippen molar-refractivity contribution in [3.05, 3.63) is 67.9 Å². The van der Waals surface area contributed by atoms with Crippen molar-refractivity contribution in [2.45, 2.75) is 116 Å². The summed E-state index contributed by atoms with van der Waals surface area (Å²) in [6, 6.07) is 7.80. The van der Waals surface area contributed by atoms with Crippen molar-refractivity contribution in [1.82, 2.24) is 54.0 Å². The number of rotatable bonds is 7. The predicted molar refractivity (Wildman–Crippen MR) is 271 cm³/mol. The number of amidine groups is 2. The van der Waals surface area contributed by atoms with Crippen molar-refractivity contribution in [3.63, 3.8) is 0 Å². The number of aromatic nitrogens is 9. The number of azide groups is 1. The molecule has 2 amide bonds. The molecular formula is C44H54Br2N20O4. The van der Waals surface area contributed by atoms with Crippen LogP contribution in [-0.2, 0) is 15.9 Å². The van der Waals surface area contributed by atoms with Gasteiger partial charge in [0, 0.05) is 62.1 Å². The van der Waals surface area contributed by atoms with Crippen molar-refractivity contribution in [2.24, 2.45) is 25.1 Å². The largest absolute Gasteiger partial charge is 0.444 e. The molecule has 70 heavy (non-hydrogen) atoms. The monoisotopic (exact) mass is 1080 g/mol. The number of ether oxygens (including phenoxy) is 2. The molecular weight excluding hydrogens is 1030 g/mol. The molecule has 0 saturated carbocycles. The molecule has 5 aromatic rings. The van der Waals surface area contributed by atoms with E-state index >= 15 is 0 Å². The zero-order chi connectivity index (χ0) is 50.0. The smallest absolute Gasteiger partial charge is 0.410 e. The van der Waals surface area contributed by atoms with Gasteiger partial charge < -0.3 is 29.9 Å². The Morgan fingerprint density at radius 1 is 0.814 bits per heavy atom. The van der Waals surface area contributed by atoms with Crippen LogP contribution in [0.1, 0.15) is 85.4 Å². The Hall–Kier alpha value is -6.97. The summed E-state index contributed by atoms with van der Waals surface area (Å²) in [4.78, 5) is 56.5. The summed E-state index contributed by atoms with van der Waals surface area (Å²) in [5.41, 5.74) is 9.63. The van der Waals surface area contributed by atoms with Crippen LogP contribution in [0, 0.1) is 12.3 Å². The van der Waals surface area contributed by atoms with E-state index in [0.717, 1.165) is 38.8 Å². The Balaban J connectivity index is 0.000000173. The topological polar surface area (TPSA) is 272 Å². The van der Waals surface area contributed by atoms with E-state index in [9.17, 15) is 9.59 Å². The summed E-state index contributed by atoms with van der Waals surface area (Å²) in [5.74, 6) is 4.67. The lowest BCUT2D eigenvalue weighted by Gasteiger charge is -2.33. The number of likely N-dealkylation sites (tertiary alicyclic amines) is 2. The van der Waals surface area contributed by atoms with E-state index in [0.29, 0.717) is 75.4 Å². The third-order valence-corrected chi connectivity index (χ3v) is 11.7. The second-order valence-corrected chi connectivity index (χ2v) is 20.0. The van der Waals surface area contributed by atoms with Crippen molar-refractivity contribution in [3.8, 4) is 12.3 Å². The average Bonchev–Trinajstić information content (AvgIpc) is 4.17. The highest BCUT2D eigenvalue weighted by Gasteiger charge is 2.29. The van der Waals surface area contributed by atoms with Gasteiger partial charge in [0.15, 0.2) is 17.5 Å². The van der Waals surface area contributed by atoms with Crippen LogP contribution < -0.4 is 10.6 Å². The number of pyridine rings is 2. The van der Waals surface area contributed by atoms with Crippen LogP contribution in [0.5, 0.6) is 0 Å². The first-order valence-corrected chi connectivity index (χ1v) is 24.1. The minimum absolute atomic E-state index is 0.0173. The van der Waals surface area contributed by atoms with Crippen LogP contribution in [-0.4, -0.2) is 146 Å². The summed E-state index contributed by atoms with van der Waals surface area (Å²) < 4.78 is 17.7. The van der Waals surface area contributed by atoms with E-state index < -0.39 is 11.2 Å². The van der Waals surface area contributed by atoms with Crippen molar-refractivity contribution in [2.75, 3.05) is 36.8 Å². The Morgan fingerprint density at radius 3 is 1.80 bits per heavy atom. The van der Waals surface area contributed by atoms with Gasteiger partial charge in [-0.05, 0) is 129 Å². The zero-order valence-electron chi connectivity index (χ0n) is 39.6. The number of amides is 2. The van der Waals surface area contributed by atoms with Gasteiger partial charge in [-0.15, -0.1) is 27.6 Å². The van der Waals surface area contributed by atoms with Crippen LogP contribution in [0.15, 0.2) is 76.9 Å². The number of piperidine rings is 2. The molecule has 0 aromatic carbocycles. The molecule has 2 N–H and O–H groups in total. The summed E-state index contributed by atoms with van der Waals surface area (Å²) in [6.45, 7) is 13.6. The quantitative estimate of drug-likeness (QED) is 0.0692. The van der Waals surface area contributed by atoms with Gasteiger partial charge in [-0.3, -0.25) is 9.98 Å². The zero-order valence-corrected chi connectivity index (χ0v) is 42.8. The van der Waals surface area contributed by atoms with Crippen molar-refractivity contribution < 1.29 is 19.1 Å². The van der Waals surface area contributed by atoms with Gasteiger partial charge >= 0.3 is 12.2 Å². The van der Waals surface area contributed by atoms with E-state index in [2.05, 4.69) is 109 Å². The number of aliphatic imine (C=N–C) groups is 4. The highest BCUT2D eigenvalue weighted by Crippen LogP contribution is 2.25. The molecule has 9 heterocycles. The third kappa shape index (κ3) is 14.3. The lowest BCUT2D eigenvalue weighted by molar-refractivity contribution is 0.0180. The lowest BCUT2D eigenvalue weighted by atomic mass is 10.1. The normalized spacial score (nSPS) is 18.2. The van der Waals surface area contributed by atoms with Gasteiger partial charge in [0.2, 0.25) is 11.9 Å². The molecule has 0 aliphatic carbocycles. The molecule has 9 rings (SSSR count). The Labute approximate surface area is 420 Å². The van der Waals surface area contributed by atoms with E-state index in [-0.39, 0.29) is 36.6 Å². The molecule has 368 valence electrons. The average molecular weight is 1090 g/mol. The maximum Gasteiger partial charge on any atom is 0.410 e. The first kappa shape index (κ1) is 50.9.